The largest absolute Gasteiger partial charge is 0.462 e. The van der Waals surface area contributed by atoms with E-state index < -0.39 is 12.0 Å². The Morgan fingerprint density at radius 1 is 1.47 bits per heavy atom. The van der Waals surface area contributed by atoms with Gasteiger partial charge >= 0.3 is 5.97 Å². The van der Waals surface area contributed by atoms with Crippen molar-refractivity contribution < 1.29 is 19.4 Å². The maximum Gasteiger partial charge on any atom is 0.332 e. The van der Waals surface area contributed by atoms with Gasteiger partial charge in [-0.1, -0.05) is 18.2 Å². The van der Waals surface area contributed by atoms with Crippen LogP contribution in [0.2, 0.25) is 0 Å². The van der Waals surface area contributed by atoms with Crippen molar-refractivity contribution >= 4 is 23.7 Å². The van der Waals surface area contributed by atoms with Gasteiger partial charge in [-0.25, -0.2) is 9.52 Å². The monoisotopic (exact) mass is 253 g/mol. The van der Waals surface area contributed by atoms with E-state index in [1.54, 1.807) is 18.2 Å². The van der Waals surface area contributed by atoms with Gasteiger partial charge in [0.05, 0.1) is 6.61 Å². The lowest BCUT2D eigenvalue weighted by Crippen LogP contribution is -2.44. The van der Waals surface area contributed by atoms with Crippen LogP contribution in [0, 0.1) is 0 Å². The molecule has 17 heavy (non-hydrogen) atoms. The van der Waals surface area contributed by atoms with Gasteiger partial charge in [0.1, 0.15) is 6.61 Å². The third-order valence-corrected chi connectivity index (χ3v) is 3.20. The Morgan fingerprint density at radius 3 is 3.00 bits per heavy atom. The minimum absolute atomic E-state index is 0.101. The lowest BCUT2D eigenvalue weighted by molar-refractivity contribution is -0.145. The molecule has 1 aromatic carbocycles. The SMILES string of the molecule is O=C(OCCO)C1NSc2ccccc2C1=O. The van der Waals surface area contributed by atoms with Gasteiger partial charge in [-0.05, 0) is 18.0 Å². The van der Waals surface area contributed by atoms with Crippen molar-refractivity contribution in [3.05, 3.63) is 29.8 Å². The molecule has 0 bridgehead atoms. The third kappa shape index (κ3) is 2.49. The van der Waals surface area contributed by atoms with Crippen LogP contribution in [-0.4, -0.2) is 36.1 Å². The summed E-state index contributed by atoms with van der Waals surface area (Å²) in [6.07, 6.45) is 0. The van der Waals surface area contributed by atoms with Crippen LogP contribution < -0.4 is 4.72 Å². The van der Waals surface area contributed by atoms with E-state index in [0.29, 0.717) is 5.56 Å². The number of carbonyl (C=O) groups excluding carboxylic acids is 2. The molecule has 0 saturated heterocycles. The predicted molar refractivity (Wildman–Crippen MR) is 61.6 cm³/mol. The summed E-state index contributed by atoms with van der Waals surface area (Å²) < 4.78 is 7.48. The smallest absolute Gasteiger partial charge is 0.332 e. The number of carbonyl (C=O) groups is 2. The summed E-state index contributed by atoms with van der Waals surface area (Å²) in [5.74, 6) is -0.964. The number of hydrogen-bond donors (Lipinski definition) is 2. The van der Waals surface area contributed by atoms with Crippen molar-refractivity contribution in [2.75, 3.05) is 13.2 Å². The lowest BCUT2D eigenvalue weighted by Gasteiger charge is -2.22. The number of benzene rings is 1. The quantitative estimate of drug-likeness (QED) is 0.461. The summed E-state index contributed by atoms with van der Waals surface area (Å²) in [5.41, 5.74) is 0.516. The highest BCUT2D eigenvalue weighted by Crippen LogP contribution is 2.27. The number of Topliss-reactive ketones (excluding diaryl/α,β-unsaturated/α-hetero) is 1. The maximum absolute atomic E-state index is 12.0. The fraction of sp³-hybridized carbons (Fsp3) is 0.273. The Kier molecular flexibility index (Phi) is 3.78. The zero-order valence-corrected chi connectivity index (χ0v) is 9.70. The molecule has 90 valence electrons. The molecule has 1 aliphatic rings. The van der Waals surface area contributed by atoms with E-state index in [-0.39, 0.29) is 19.0 Å². The van der Waals surface area contributed by atoms with Crippen molar-refractivity contribution in [1.82, 2.24) is 4.72 Å². The van der Waals surface area contributed by atoms with Crippen LogP contribution in [-0.2, 0) is 9.53 Å². The Hall–Kier alpha value is -1.37. The van der Waals surface area contributed by atoms with Gasteiger partial charge in [-0.3, -0.25) is 4.79 Å². The van der Waals surface area contributed by atoms with Crippen molar-refractivity contribution in [2.45, 2.75) is 10.9 Å². The number of rotatable bonds is 3. The molecular formula is C11H11NO4S. The number of ether oxygens (including phenoxy) is 1. The average Bonchev–Trinajstić information content (AvgIpc) is 2.37. The zero-order chi connectivity index (χ0) is 12.3. The Morgan fingerprint density at radius 2 is 2.24 bits per heavy atom. The first-order valence-corrected chi connectivity index (χ1v) is 5.89. The topological polar surface area (TPSA) is 75.6 Å². The Bertz CT molecular complexity index is 449. The second kappa shape index (κ2) is 5.31. The van der Waals surface area contributed by atoms with Crippen LogP contribution in [0.1, 0.15) is 10.4 Å². The Labute approximate surface area is 102 Å². The number of fused-ring (bicyclic) bond motifs is 1. The molecule has 1 unspecified atom stereocenters. The number of aliphatic hydroxyl groups is 1. The van der Waals surface area contributed by atoms with E-state index in [2.05, 4.69) is 4.72 Å². The lowest BCUT2D eigenvalue weighted by atomic mass is 10.0. The molecule has 0 aliphatic carbocycles. The van der Waals surface area contributed by atoms with E-state index in [4.69, 9.17) is 9.84 Å². The molecule has 0 amide bonds. The summed E-state index contributed by atoms with van der Waals surface area (Å²) >= 11 is 1.23. The first-order chi connectivity index (χ1) is 8.24. The van der Waals surface area contributed by atoms with E-state index in [0.717, 1.165) is 4.90 Å². The summed E-state index contributed by atoms with van der Waals surface area (Å²) in [5, 5.41) is 8.55. The molecule has 2 N–H and O–H groups in total. The molecule has 0 radical (unpaired) electrons. The third-order valence-electron chi connectivity index (χ3n) is 2.27. The molecule has 2 rings (SSSR count). The van der Waals surface area contributed by atoms with Crippen molar-refractivity contribution in [1.29, 1.82) is 0 Å². The van der Waals surface area contributed by atoms with E-state index in [1.807, 2.05) is 6.07 Å². The molecule has 0 saturated carbocycles. The van der Waals surface area contributed by atoms with Crippen LogP contribution in [0.4, 0.5) is 0 Å². The fourth-order valence-electron chi connectivity index (χ4n) is 1.48. The predicted octanol–water partition coefficient (Wildman–Crippen LogP) is 0.384. The first-order valence-electron chi connectivity index (χ1n) is 5.07. The molecule has 0 fully saturated rings. The number of ketones is 1. The van der Waals surface area contributed by atoms with Gasteiger partial charge in [0.2, 0.25) is 0 Å². The van der Waals surface area contributed by atoms with Crippen LogP contribution >= 0.6 is 11.9 Å². The normalized spacial score (nSPS) is 18.6. The fourth-order valence-corrected chi connectivity index (χ4v) is 2.35. The maximum atomic E-state index is 12.0. The standard InChI is InChI=1S/C11H11NO4S/c13-5-6-16-11(15)9-10(14)7-3-1-2-4-8(7)17-12-9/h1-4,9,12-13H,5-6H2. The van der Waals surface area contributed by atoms with Gasteiger partial charge in [-0.2, -0.15) is 0 Å². The van der Waals surface area contributed by atoms with Crippen molar-refractivity contribution in [2.24, 2.45) is 0 Å². The number of nitrogens with one attached hydrogen (secondary N) is 1. The van der Waals surface area contributed by atoms with E-state index >= 15 is 0 Å². The van der Waals surface area contributed by atoms with Crippen molar-refractivity contribution in [3.8, 4) is 0 Å². The van der Waals surface area contributed by atoms with Crippen LogP contribution in [0.5, 0.6) is 0 Å². The first kappa shape index (κ1) is 12.1. The number of aliphatic hydroxyl groups excluding tert-OH is 1. The van der Waals surface area contributed by atoms with E-state index in [1.165, 1.54) is 11.9 Å². The van der Waals surface area contributed by atoms with Crippen LogP contribution in [0.15, 0.2) is 29.2 Å². The minimum atomic E-state index is -0.999. The molecular weight excluding hydrogens is 242 g/mol. The molecule has 1 aliphatic heterocycles. The highest BCUT2D eigenvalue weighted by Gasteiger charge is 2.34. The molecule has 1 atom stereocenters. The molecule has 1 aromatic rings. The average molecular weight is 253 g/mol. The van der Waals surface area contributed by atoms with Gasteiger partial charge in [-0.15, -0.1) is 0 Å². The number of esters is 1. The van der Waals surface area contributed by atoms with E-state index in [9.17, 15) is 9.59 Å². The summed E-state index contributed by atoms with van der Waals surface area (Å²) in [6.45, 7) is -0.354. The van der Waals surface area contributed by atoms with Gasteiger partial charge in [0, 0.05) is 10.5 Å². The molecule has 5 nitrogen and oxygen atoms in total. The highest BCUT2D eigenvalue weighted by molar-refractivity contribution is 7.97. The van der Waals surface area contributed by atoms with Crippen LogP contribution in [0.3, 0.4) is 0 Å². The zero-order valence-electron chi connectivity index (χ0n) is 8.88. The summed E-state index contributed by atoms with van der Waals surface area (Å²) in [4.78, 5) is 24.3. The molecule has 6 heteroatoms. The second-order valence-electron chi connectivity index (χ2n) is 3.40. The minimum Gasteiger partial charge on any atom is -0.462 e. The van der Waals surface area contributed by atoms with Gasteiger partial charge in [0.25, 0.3) is 0 Å². The van der Waals surface area contributed by atoms with Crippen molar-refractivity contribution in [3.63, 3.8) is 0 Å². The molecule has 0 spiro atoms. The second-order valence-corrected chi connectivity index (χ2v) is 4.28. The molecule has 0 aromatic heterocycles. The van der Waals surface area contributed by atoms with Gasteiger partial charge in [0.15, 0.2) is 11.8 Å². The molecule has 1 heterocycles. The van der Waals surface area contributed by atoms with Crippen LogP contribution in [0.25, 0.3) is 0 Å². The highest BCUT2D eigenvalue weighted by atomic mass is 32.2. The number of hydrogen-bond acceptors (Lipinski definition) is 6. The van der Waals surface area contributed by atoms with Gasteiger partial charge < -0.3 is 9.84 Å². The summed E-state index contributed by atoms with van der Waals surface area (Å²) in [7, 11) is 0. The Balaban J connectivity index is 2.14. The summed E-state index contributed by atoms with van der Waals surface area (Å²) in [6, 6.07) is 6.06.